The Bertz CT molecular complexity index is 569. The highest BCUT2D eigenvalue weighted by Crippen LogP contribution is 2.23. The zero-order valence-corrected chi connectivity index (χ0v) is 13.2. The summed E-state index contributed by atoms with van der Waals surface area (Å²) in [6.07, 6.45) is 0.790. The average Bonchev–Trinajstić information content (AvgIpc) is 2.48. The molecule has 0 aliphatic heterocycles. The molecule has 0 fully saturated rings. The zero-order valence-electron chi connectivity index (χ0n) is 12.4. The summed E-state index contributed by atoms with van der Waals surface area (Å²) in [4.78, 5) is 0. The van der Waals surface area contributed by atoms with Gasteiger partial charge in [0.05, 0.1) is 5.02 Å². The van der Waals surface area contributed by atoms with E-state index in [2.05, 4.69) is 31.3 Å². The molecule has 21 heavy (non-hydrogen) atoms. The first-order valence-electron chi connectivity index (χ1n) is 7.28. The van der Waals surface area contributed by atoms with Crippen LogP contribution in [0.15, 0.2) is 48.5 Å². The molecule has 0 heterocycles. The molecule has 0 bridgehead atoms. The molecule has 0 radical (unpaired) electrons. The van der Waals surface area contributed by atoms with Crippen LogP contribution in [0, 0.1) is 5.82 Å². The zero-order chi connectivity index (χ0) is 15.2. The lowest BCUT2D eigenvalue weighted by atomic mass is 9.91. The van der Waals surface area contributed by atoms with Gasteiger partial charge in [-0.05, 0) is 29.7 Å². The van der Waals surface area contributed by atoms with E-state index in [4.69, 9.17) is 11.6 Å². The molecule has 3 heteroatoms. The van der Waals surface area contributed by atoms with Crippen LogP contribution in [0.25, 0.3) is 0 Å². The van der Waals surface area contributed by atoms with E-state index in [-0.39, 0.29) is 10.8 Å². The van der Waals surface area contributed by atoms with Crippen molar-refractivity contribution in [3.8, 4) is 0 Å². The number of benzene rings is 2. The second-order valence-electron chi connectivity index (χ2n) is 5.62. The molecule has 0 aromatic heterocycles. The van der Waals surface area contributed by atoms with Gasteiger partial charge in [-0.3, -0.25) is 0 Å². The molecule has 0 saturated heterocycles. The van der Waals surface area contributed by atoms with Gasteiger partial charge in [0.2, 0.25) is 0 Å². The van der Waals surface area contributed by atoms with Crippen molar-refractivity contribution in [1.82, 2.24) is 5.32 Å². The van der Waals surface area contributed by atoms with Crippen LogP contribution in [0.1, 0.15) is 30.9 Å². The first kappa shape index (κ1) is 16.0. The van der Waals surface area contributed by atoms with Gasteiger partial charge in [-0.15, -0.1) is 0 Å². The molecule has 0 amide bonds. The highest BCUT2D eigenvalue weighted by molar-refractivity contribution is 6.30. The lowest BCUT2D eigenvalue weighted by molar-refractivity contribution is 0.525. The van der Waals surface area contributed by atoms with Gasteiger partial charge in [-0.25, -0.2) is 4.39 Å². The Labute approximate surface area is 131 Å². The van der Waals surface area contributed by atoms with Gasteiger partial charge < -0.3 is 5.32 Å². The fourth-order valence-corrected chi connectivity index (χ4v) is 2.48. The number of rotatable bonds is 6. The molecule has 0 spiro atoms. The van der Waals surface area contributed by atoms with Crippen LogP contribution in [0.2, 0.25) is 5.02 Å². The van der Waals surface area contributed by atoms with Crippen molar-refractivity contribution in [2.75, 3.05) is 6.54 Å². The maximum atomic E-state index is 13.6. The molecule has 1 N–H and O–H groups in total. The van der Waals surface area contributed by atoms with Crippen molar-refractivity contribution >= 4 is 11.6 Å². The Hall–Kier alpha value is -1.38. The van der Waals surface area contributed by atoms with Crippen LogP contribution < -0.4 is 5.32 Å². The third kappa shape index (κ3) is 4.83. The molecule has 2 rings (SSSR count). The molecule has 0 aliphatic rings. The van der Waals surface area contributed by atoms with Crippen molar-refractivity contribution in [2.45, 2.75) is 32.2 Å². The molecule has 1 unspecified atom stereocenters. The van der Waals surface area contributed by atoms with Gasteiger partial charge in [-0.1, -0.05) is 61.8 Å². The highest BCUT2D eigenvalue weighted by atomic mass is 35.5. The van der Waals surface area contributed by atoms with Gasteiger partial charge >= 0.3 is 0 Å². The first-order valence-corrected chi connectivity index (χ1v) is 7.66. The van der Waals surface area contributed by atoms with E-state index in [1.54, 1.807) is 6.07 Å². The van der Waals surface area contributed by atoms with Crippen LogP contribution in [-0.2, 0) is 6.42 Å². The molecule has 1 atom stereocenters. The third-order valence-electron chi connectivity index (χ3n) is 3.51. The Morgan fingerprint density at radius 1 is 1.10 bits per heavy atom. The van der Waals surface area contributed by atoms with E-state index in [1.165, 1.54) is 11.6 Å². The number of halogens is 2. The van der Waals surface area contributed by atoms with E-state index >= 15 is 0 Å². The number of hydrogen-bond acceptors (Lipinski definition) is 1. The SMILES string of the molecule is CC(C)NCC(Cc1ccc(Cl)c(F)c1)c1ccccc1. The van der Waals surface area contributed by atoms with Gasteiger partial charge in [0.1, 0.15) is 5.82 Å². The second kappa shape index (κ2) is 7.58. The summed E-state index contributed by atoms with van der Waals surface area (Å²) in [5, 5.41) is 3.65. The maximum Gasteiger partial charge on any atom is 0.142 e. The van der Waals surface area contributed by atoms with E-state index < -0.39 is 0 Å². The summed E-state index contributed by atoms with van der Waals surface area (Å²) in [5.74, 6) is -0.0352. The number of nitrogens with one attached hydrogen (secondary N) is 1. The summed E-state index contributed by atoms with van der Waals surface area (Å²) in [7, 11) is 0. The van der Waals surface area contributed by atoms with Gasteiger partial charge in [0, 0.05) is 18.5 Å². The molecular formula is C18H21ClFN. The Balaban J connectivity index is 2.17. The quantitative estimate of drug-likeness (QED) is 0.808. The first-order chi connectivity index (χ1) is 10.1. The topological polar surface area (TPSA) is 12.0 Å². The van der Waals surface area contributed by atoms with Crippen LogP contribution in [0.5, 0.6) is 0 Å². The Morgan fingerprint density at radius 2 is 1.81 bits per heavy atom. The normalized spacial score (nSPS) is 12.6. The predicted octanol–water partition coefficient (Wildman–Crippen LogP) is 4.80. The van der Waals surface area contributed by atoms with Crippen molar-refractivity contribution < 1.29 is 4.39 Å². The molecule has 2 aromatic carbocycles. The monoisotopic (exact) mass is 305 g/mol. The summed E-state index contributed by atoms with van der Waals surface area (Å²) in [6.45, 7) is 5.12. The van der Waals surface area contributed by atoms with Crippen molar-refractivity contribution in [1.29, 1.82) is 0 Å². The Kier molecular flexibility index (Phi) is 5.77. The molecule has 0 saturated carbocycles. The van der Waals surface area contributed by atoms with Crippen molar-refractivity contribution in [3.63, 3.8) is 0 Å². The van der Waals surface area contributed by atoms with E-state index in [9.17, 15) is 4.39 Å². The van der Waals surface area contributed by atoms with Crippen LogP contribution in [0.3, 0.4) is 0 Å². The fraction of sp³-hybridized carbons (Fsp3) is 0.333. The third-order valence-corrected chi connectivity index (χ3v) is 3.82. The van der Waals surface area contributed by atoms with Crippen LogP contribution in [0.4, 0.5) is 4.39 Å². The molecule has 2 aromatic rings. The second-order valence-corrected chi connectivity index (χ2v) is 6.03. The van der Waals surface area contributed by atoms with Crippen molar-refractivity contribution in [3.05, 3.63) is 70.5 Å². The summed E-state index contributed by atoms with van der Waals surface area (Å²) in [6, 6.07) is 15.8. The van der Waals surface area contributed by atoms with Crippen molar-refractivity contribution in [2.24, 2.45) is 0 Å². The van der Waals surface area contributed by atoms with Gasteiger partial charge in [0.25, 0.3) is 0 Å². The minimum atomic E-state index is -0.349. The summed E-state index contributed by atoms with van der Waals surface area (Å²) in [5.41, 5.74) is 2.23. The minimum Gasteiger partial charge on any atom is -0.314 e. The van der Waals surface area contributed by atoms with Crippen LogP contribution >= 0.6 is 11.6 Å². The number of hydrogen-bond donors (Lipinski definition) is 1. The average molecular weight is 306 g/mol. The summed E-state index contributed by atoms with van der Waals surface area (Å²) >= 11 is 5.75. The smallest absolute Gasteiger partial charge is 0.142 e. The van der Waals surface area contributed by atoms with E-state index in [1.807, 2.05) is 24.3 Å². The maximum absolute atomic E-state index is 13.6. The summed E-state index contributed by atoms with van der Waals surface area (Å²) < 4.78 is 13.6. The molecule has 112 valence electrons. The standard InChI is InChI=1S/C18H21ClFN/c1-13(2)21-12-16(15-6-4-3-5-7-15)10-14-8-9-17(19)18(20)11-14/h3-9,11,13,16,21H,10,12H2,1-2H3. The van der Waals surface area contributed by atoms with Crippen LogP contribution in [-0.4, -0.2) is 12.6 Å². The highest BCUT2D eigenvalue weighted by Gasteiger charge is 2.13. The lowest BCUT2D eigenvalue weighted by Gasteiger charge is -2.20. The molecule has 0 aliphatic carbocycles. The van der Waals surface area contributed by atoms with Gasteiger partial charge in [-0.2, -0.15) is 0 Å². The Morgan fingerprint density at radius 3 is 2.43 bits per heavy atom. The predicted molar refractivity (Wildman–Crippen MR) is 87.4 cm³/mol. The largest absolute Gasteiger partial charge is 0.314 e. The fourth-order valence-electron chi connectivity index (χ4n) is 2.36. The lowest BCUT2D eigenvalue weighted by Crippen LogP contribution is -2.29. The van der Waals surface area contributed by atoms with E-state index in [0.717, 1.165) is 18.5 Å². The molecular weight excluding hydrogens is 285 g/mol. The minimum absolute atomic E-state index is 0.176. The van der Waals surface area contributed by atoms with E-state index in [0.29, 0.717) is 12.0 Å². The van der Waals surface area contributed by atoms with Gasteiger partial charge in [0.15, 0.2) is 0 Å². The molecule has 1 nitrogen and oxygen atoms in total.